The third-order valence-corrected chi connectivity index (χ3v) is 1.97. The number of allylic oxidation sites excluding steroid dienone is 1. The molecule has 0 saturated heterocycles. The van der Waals surface area contributed by atoms with Crippen LogP contribution in [-0.4, -0.2) is 18.4 Å². The summed E-state index contributed by atoms with van der Waals surface area (Å²) in [5.41, 5.74) is 1.33. The van der Waals surface area contributed by atoms with E-state index in [1.165, 1.54) is 5.57 Å². The summed E-state index contributed by atoms with van der Waals surface area (Å²) in [6.45, 7) is 2.05. The fourth-order valence-corrected chi connectivity index (χ4v) is 1.24. The standard InChI is InChI=1S/C9H12O3/c1-7-2-4-8(5-3-7)12-9(11)6-10/h2,6,8H,3-5H2,1H3. The molecule has 66 valence electrons. The maximum absolute atomic E-state index is 10.6. The molecule has 1 aliphatic rings. The van der Waals surface area contributed by atoms with Crippen molar-refractivity contribution in [2.75, 3.05) is 0 Å². The lowest BCUT2D eigenvalue weighted by Gasteiger charge is -2.19. The molecular weight excluding hydrogens is 156 g/mol. The summed E-state index contributed by atoms with van der Waals surface area (Å²) >= 11 is 0. The Morgan fingerprint density at radius 3 is 3.00 bits per heavy atom. The van der Waals surface area contributed by atoms with Crippen LogP contribution in [0.4, 0.5) is 0 Å². The van der Waals surface area contributed by atoms with E-state index < -0.39 is 5.97 Å². The molecular formula is C9H12O3. The number of rotatable bonds is 2. The van der Waals surface area contributed by atoms with Gasteiger partial charge in [0.15, 0.2) is 0 Å². The van der Waals surface area contributed by atoms with Gasteiger partial charge in [0.25, 0.3) is 0 Å². The van der Waals surface area contributed by atoms with Crippen LogP contribution in [0.2, 0.25) is 0 Å². The zero-order valence-electron chi connectivity index (χ0n) is 7.08. The summed E-state index contributed by atoms with van der Waals surface area (Å²) in [6.07, 6.45) is 4.70. The molecule has 0 N–H and O–H groups in total. The average molecular weight is 168 g/mol. The van der Waals surface area contributed by atoms with Crippen molar-refractivity contribution in [2.24, 2.45) is 0 Å². The molecule has 0 aromatic rings. The summed E-state index contributed by atoms with van der Waals surface area (Å²) in [5, 5.41) is 0. The fraction of sp³-hybridized carbons (Fsp3) is 0.556. The van der Waals surface area contributed by atoms with E-state index in [2.05, 4.69) is 6.92 Å². The highest BCUT2D eigenvalue weighted by Gasteiger charge is 2.15. The van der Waals surface area contributed by atoms with Crippen molar-refractivity contribution >= 4 is 12.3 Å². The zero-order valence-corrected chi connectivity index (χ0v) is 7.08. The van der Waals surface area contributed by atoms with E-state index >= 15 is 0 Å². The molecule has 3 heteroatoms. The molecule has 0 radical (unpaired) electrons. The largest absolute Gasteiger partial charge is 0.457 e. The van der Waals surface area contributed by atoms with Crippen molar-refractivity contribution in [3.05, 3.63) is 11.6 Å². The first-order valence-corrected chi connectivity index (χ1v) is 4.04. The van der Waals surface area contributed by atoms with Gasteiger partial charge in [-0.25, -0.2) is 4.79 Å². The molecule has 1 rings (SSSR count). The van der Waals surface area contributed by atoms with Crippen LogP contribution in [0.1, 0.15) is 26.2 Å². The number of carbonyl (C=O) groups is 2. The predicted octanol–water partition coefficient (Wildman–Crippen LogP) is 1.23. The Bertz CT molecular complexity index is 218. The molecule has 1 aliphatic carbocycles. The Labute approximate surface area is 71.4 Å². The van der Waals surface area contributed by atoms with Gasteiger partial charge in [-0.3, -0.25) is 4.79 Å². The minimum Gasteiger partial charge on any atom is -0.457 e. The van der Waals surface area contributed by atoms with Gasteiger partial charge in [-0.1, -0.05) is 11.6 Å². The SMILES string of the molecule is CC1=CCC(OC(=O)C=O)CC1. The van der Waals surface area contributed by atoms with Crippen molar-refractivity contribution in [3.63, 3.8) is 0 Å². The Hall–Kier alpha value is -1.12. The maximum Gasteiger partial charge on any atom is 0.371 e. The molecule has 0 aromatic carbocycles. The van der Waals surface area contributed by atoms with E-state index in [0.29, 0.717) is 0 Å². The van der Waals surface area contributed by atoms with E-state index in [1.807, 2.05) is 6.08 Å². The third kappa shape index (κ3) is 2.49. The van der Waals surface area contributed by atoms with E-state index in [0.717, 1.165) is 19.3 Å². The fourth-order valence-electron chi connectivity index (χ4n) is 1.24. The molecule has 0 saturated carbocycles. The number of hydrogen-bond acceptors (Lipinski definition) is 3. The monoisotopic (exact) mass is 168 g/mol. The average Bonchev–Trinajstić information content (AvgIpc) is 2.09. The van der Waals surface area contributed by atoms with Crippen molar-refractivity contribution in [1.82, 2.24) is 0 Å². The first-order valence-electron chi connectivity index (χ1n) is 4.04. The van der Waals surface area contributed by atoms with Gasteiger partial charge in [-0.15, -0.1) is 0 Å². The van der Waals surface area contributed by atoms with Gasteiger partial charge in [0.2, 0.25) is 6.29 Å². The summed E-state index contributed by atoms with van der Waals surface area (Å²) in [5.74, 6) is -0.757. The minimum absolute atomic E-state index is 0.0913. The molecule has 0 fully saturated rings. The first-order chi connectivity index (χ1) is 5.72. The highest BCUT2D eigenvalue weighted by atomic mass is 16.5. The van der Waals surface area contributed by atoms with Crippen LogP contribution >= 0.6 is 0 Å². The molecule has 0 amide bonds. The van der Waals surface area contributed by atoms with Crippen molar-refractivity contribution in [2.45, 2.75) is 32.3 Å². The number of hydrogen-bond donors (Lipinski definition) is 0. The molecule has 0 bridgehead atoms. The van der Waals surface area contributed by atoms with Crippen molar-refractivity contribution in [1.29, 1.82) is 0 Å². The highest BCUT2D eigenvalue weighted by molar-refractivity contribution is 6.20. The maximum atomic E-state index is 10.6. The smallest absolute Gasteiger partial charge is 0.371 e. The van der Waals surface area contributed by atoms with Crippen LogP contribution in [0.15, 0.2) is 11.6 Å². The van der Waals surface area contributed by atoms with E-state index in [-0.39, 0.29) is 12.4 Å². The zero-order chi connectivity index (χ0) is 8.97. The molecule has 0 heterocycles. The van der Waals surface area contributed by atoms with E-state index in [9.17, 15) is 9.59 Å². The van der Waals surface area contributed by atoms with Gasteiger partial charge < -0.3 is 4.74 Å². The minimum atomic E-state index is -0.757. The van der Waals surface area contributed by atoms with Crippen LogP contribution < -0.4 is 0 Å². The van der Waals surface area contributed by atoms with E-state index in [4.69, 9.17) is 4.74 Å². The van der Waals surface area contributed by atoms with Crippen molar-refractivity contribution < 1.29 is 14.3 Å². The lowest BCUT2D eigenvalue weighted by molar-refractivity contribution is -0.153. The van der Waals surface area contributed by atoms with Crippen molar-refractivity contribution in [3.8, 4) is 0 Å². The number of esters is 1. The topological polar surface area (TPSA) is 43.4 Å². The van der Waals surface area contributed by atoms with Gasteiger partial charge in [-0.2, -0.15) is 0 Å². The number of aldehydes is 1. The molecule has 0 aliphatic heterocycles. The Morgan fingerprint density at radius 1 is 1.75 bits per heavy atom. The Morgan fingerprint density at radius 2 is 2.50 bits per heavy atom. The second-order valence-corrected chi connectivity index (χ2v) is 3.00. The lowest BCUT2D eigenvalue weighted by atomic mass is 9.98. The molecule has 12 heavy (non-hydrogen) atoms. The highest BCUT2D eigenvalue weighted by Crippen LogP contribution is 2.19. The van der Waals surface area contributed by atoms with Gasteiger partial charge in [0.05, 0.1) is 0 Å². The molecule has 1 unspecified atom stereocenters. The molecule has 0 aromatic heterocycles. The lowest BCUT2D eigenvalue weighted by Crippen LogP contribution is -2.20. The number of ether oxygens (including phenoxy) is 1. The normalized spacial score (nSPS) is 22.8. The summed E-state index contributed by atoms with van der Waals surface area (Å²) in [4.78, 5) is 20.5. The molecule has 3 nitrogen and oxygen atoms in total. The summed E-state index contributed by atoms with van der Waals surface area (Å²) < 4.78 is 4.84. The van der Waals surface area contributed by atoms with Crippen LogP contribution in [-0.2, 0) is 14.3 Å². The summed E-state index contributed by atoms with van der Waals surface area (Å²) in [7, 11) is 0. The van der Waals surface area contributed by atoms with Gasteiger partial charge in [0.1, 0.15) is 6.10 Å². The second-order valence-electron chi connectivity index (χ2n) is 3.00. The van der Waals surface area contributed by atoms with E-state index in [1.54, 1.807) is 0 Å². The van der Waals surface area contributed by atoms with Gasteiger partial charge in [-0.05, 0) is 19.8 Å². The second kappa shape index (κ2) is 4.04. The van der Waals surface area contributed by atoms with Crippen LogP contribution in [0, 0.1) is 0 Å². The van der Waals surface area contributed by atoms with Gasteiger partial charge in [0, 0.05) is 6.42 Å². The predicted molar refractivity (Wildman–Crippen MR) is 43.6 cm³/mol. The van der Waals surface area contributed by atoms with Crippen LogP contribution in [0.5, 0.6) is 0 Å². The first kappa shape index (κ1) is 8.97. The van der Waals surface area contributed by atoms with Gasteiger partial charge >= 0.3 is 5.97 Å². The number of carbonyl (C=O) groups excluding carboxylic acids is 2. The third-order valence-electron chi connectivity index (χ3n) is 1.97. The van der Waals surface area contributed by atoms with Crippen LogP contribution in [0.25, 0.3) is 0 Å². The molecule has 1 atom stereocenters. The Balaban J connectivity index is 2.36. The quantitative estimate of drug-likeness (QED) is 0.269. The molecule has 0 spiro atoms. The summed E-state index contributed by atoms with van der Waals surface area (Å²) in [6, 6.07) is 0. The van der Waals surface area contributed by atoms with Crippen LogP contribution in [0.3, 0.4) is 0 Å². The Kier molecular flexibility index (Phi) is 3.02.